The average molecular weight is 1610 g/mol. The number of hydrogen-bond acceptors (Lipinski definition) is 3. The van der Waals surface area contributed by atoms with Crippen molar-refractivity contribution in [2.75, 3.05) is 4.90 Å². The molecular weight excluding hydrogens is 1520 g/mol. The second kappa shape index (κ2) is 29.0. The zero-order valence-corrected chi connectivity index (χ0v) is 73.2. The highest BCUT2D eigenvalue weighted by molar-refractivity contribution is 8.00. The van der Waals surface area contributed by atoms with Crippen molar-refractivity contribution in [2.45, 2.75) is 115 Å². The Balaban J connectivity index is 0.908. The summed E-state index contributed by atoms with van der Waals surface area (Å²) < 4.78 is 12.2. The van der Waals surface area contributed by atoms with Gasteiger partial charge in [-0.2, -0.15) is 0 Å². The Labute approximate surface area is 731 Å². The van der Waals surface area contributed by atoms with Crippen LogP contribution in [0.5, 0.6) is 0 Å². The Morgan fingerprint density at radius 3 is 1.23 bits per heavy atom. The van der Waals surface area contributed by atoms with Gasteiger partial charge < -0.3 is 18.5 Å². The molecule has 22 rings (SSSR count). The molecule has 20 aromatic rings. The molecular formula is C118H96BN3OS. The number of benzene rings is 17. The summed E-state index contributed by atoms with van der Waals surface area (Å²) in [5.41, 5.74) is 38.5. The van der Waals surface area contributed by atoms with Gasteiger partial charge in [-0.1, -0.05) is 325 Å². The van der Waals surface area contributed by atoms with E-state index in [1.807, 2.05) is 11.8 Å². The van der Waals surface area contributed by atoms with Crippen LogP contribution in [0.1, 0.15) is 105 Å². The first kappa shape index (κ1) is 76.5. The zero-order chi connectivity index (χ0) is 84.4. The first-order valence-corrected chi connectivity index (χ1v) is 44.6. The zero-order valence-electron chi connectivity index (χ0n) is 72.4. The molecule has 4 nitrogen and oxygen atoms in total. The largest absolute Gasteiger partial charge is 0.456 e. The lowest BCUT2D eigenvalue weighted by molar-refractivity contribution is 0.590. The van der Waals surface area contributed by atoms with Crippen LogP contribution in [0.4, 0.5) is 17.1 Å². The van der Waals surface area contributed by atoms with Crippen molar-refractivity contribution in [3.05, 3.63) is 386 Å². The fraction of sp³-hybridized carbons (Fsp3) is 0.136. The van der Waals surface area contributed by atoms with Gasteiger partial charge >= 0.3 is 0 Å². The minimum absolute atomic E-state index is 0.0287. The molecule has 5 heterocycles. The molecule has 598 valence electrons. The van der Waals surface area contributed by atoms with Crippen molar-refractivity contribution in [2.24, 2.45) is 0 Å². The van der Waals surface area contributed by atoms with E-state index in [1.165, 1.54) is 92.2 Å². The van der Waals surface area contributed by atoms with E-state index in [-0.39, 0.29) is 28.4 Å². The van der Waals surface area contributed by atoms with E-state index in [2.05, 4.69) is 461 Å². The Kier molecular flexibility index (Phi) is 17.9. The summed E-state index contributed by atoms with van der Waals surface area (Å²) in [6.45, 7) is 27.9. The van der Waals surface area contributed by atoms with Crippen LogP contribution in [0, 0.1) is 0 Å². The summed E-state index contributed by atoms with van der Waals surface area (Å²) in [7, 11) is 0. The van der Waals surface area contributed by atoms with Crippen LogP contribution in [-0.2, 0) is 21.7 Å². The van der Waals surface area contributed by atoms with Gasteiger partial charge in [0.15, 0.2) is 0 Å². The van der Waals surface area contributed by atoms with Gasteiger partial charge in [0.1, 0.15) is 11.2 Å². The van der Waals surface area contributed by atoms with E-state index in [4.69, 9.17) is 4.42 Å². The topological polar surface area (TPSA) is 26.2 Å². The second-order valence-corrected chi connectivity index (χ2v) is 39.5. The van der Waals surface area contributed by atoms with E-state index >= 15 is 0 Å². The molecule has 124 heavy (non-hydrogen) atoms. The SMILES string of the molecule is CC(C)(C)c1ccc(-n2c3ccccc3c3c(-c4cc(C(C)(C)C)cc(-c5cccc6oc7ccccc7c56)c4N4c5cc(-n6c7ccc(C(C)(C)C)cc7c7cc(C(C)(C)C)ccc76)ccc5B5c6cc(-c7cc(-c8ccccc8)cc(-c8ccccc8)c7)ccc6Sc6cc(-c7cc(-c8ccccc8)cc(-c8ccccc8)c7)cc4c65)cccc32)cc1. The van der Waals surface area contributed by atoms with E-state index in [0.717, 1.165) is 139 Å². The van der Waals surface area contributed by atoms with Crippen molar-refractivity contribution >= 4 is 117 Å². The number of fused-ring (bicyclic) bond motifs is 13. The summed E-state index contributed by atoms with van der Waals surface area (Å²) in [6, 6.07) is 139. The molecule has 0 fully saturated rings. The lowest BCUT2D eigenvalue weighted by Gasteiger charge is -2.42. The van der Waals surface area contributed by atoms with Gasteiger partial charge in [-0.15, -0.1) is 0 Å². The van der Waals surface area contributed by atoms with Crippen molar-refractivity contribution in [3.63, 3.8) is 0 Å². The number of hydrogen-bond donors (Lipinski definition) is 0. The molecule has 17 aromatic carbocycles. The summed E-state index contributed by atoms with van der Waals surface area (Å²) in [5, 5.41) is 7.01. The molecule has 0 unspecified atom stereocenters. The Hall–Kier alpha value is -13.6. The minimum atomic E-state index is -0.348. The predicted molar refractivity (Wildman–Crippen MR) is 531 cm³/mol. The van der Waals surface area contributed by atoms with Crippen LogP contribution in [0.15, 0.2) is 378 Å². The molecule has 0 radical (unpaired) electrons. The predicted octanol–water partition coefficient (Wildman–Crippen LogP) is 31.1. The third-order valence-electron chi connectivity index (χ3n) is 26.3. The first-order valence-electron chi connectivity index (χ1n) is 43.8. The first-order chi connectivity index (χ1) is 60.0. The Morgan fingerprint density at radius 1 is 0.250 bits per heavy atom. The van der Waals surface area contributed by atoms with Gasteiger partial charge in [0, 0.05) is 76.0 Å². The quantitative estimate of drug-likeness (QED) is 0.121. The summed E-state index contributed by atoms with van der Waals surface area (Å²) >= 11 is 1.92. The van der Waals surface area contributed by atoms with Crippen LogP contribution in [-0.4, -0.2) is 15.8 Å². The number of para-hydroxylation sites is 2. The van der Waals surface area contributed by atoms with Crippen LogP contribution in [0.3, 0.4) is 0 Å². The highest BCUT2D eigenvalue weighted by Crippen LogP contribution is 2.56. The van der Waals surface area contributed by atoms with E-state index in [9.17, 15) is 0 Å². The molecule has 0 atom stereocenters. The average Bonchev–Trinajstić information content (AvgIpc) is 0.880. The van der Waals surface area contributed by atoms with Gasteiger partial charge in [-0.3, -0.25) is 0 Å². The number of furan rings is 1. The van der Waals surface area contributed by atoms with Crippen LogP contribution < -0.4 is 21.3 Å². The molecule has 0 saturated heterocycles. The fourth-order valence-electron chi connectivity index (χ4n) is 19.8. The van der Waals surface area contributed by atoms with Crippen molar-refractivity contribution in [1.82, 2.24) is 9.13 Å². The van der Waals surface area contributed by atoms with Crippen molar-refractivity contribution in [1.29, 1.82) is 0 Å². The molecule has 0 spiro atoms. The minimum Gasteiger partial charge on any atom is -0.456 e. The number of anilines is 3. The normalized spacial score (nSPS) is 12.9. The van der Waals surface area contributed by atoms with Crippen LogP contribution in [0.25, 0.3) is 166 Å². The monoisotopic (exact) mass is 1610 g/mol. The maximum Gasteiger partial charge on any atom is 0.249 e. The number of nitrogens with zero attached hydrogens (tertiary/aromatic N) is 3. The molecule has 0 saturated carbocycles. The Bertz CT molecular complexity index is 7520. The van der Waals surface area contributed by atoms with Gasteiger partial charge in [0.05, 0.1) is 27.8 Å². The standard InChI is InChI=1S/C118H96BN3OS/c1-115(2,3)85-48-52-89(53-49-85)120-101-43-27-25-39-93(101)111-91(41-29-44-104(111)120)97-70-88(118(10,11)12)71-98(92-42-30-46-108-112(92)94-40-26-28-45-107(94)123-108)114(97)122-105-72-90(121-102-56-50-86(116(4,5)6)68-95(102)96-69-87(117(7,8)9)51-57-103(96)121)54-55-99(105)119-100-65-77(82-61-78(73-31-17-13-18-32-73)59-79(62-82)74-33-19-14-20-34-74)47-58-109(100)124-110-67-84(66-106(122)113(110)119)83-63-80(75-35-21-15-22-36-75)60-81(64-83)76-37-23-16-24-38-76/h13-72H,1-12H3. The molecule has 0 bridgehead atoms. The fourth-order valence-corrected chi connectivity index (χ4v) is 21.0. The molecule has 0 amide bonds. The van der Waals surface area contributed by atoms with Gasteiger partial charge in [-0.05, 0) is 272 Å². The molecule has 6 heteroatoms. The number of aromatic nitrogens is 2. The summed E-state index contributed by atoms with van der Waals surface area (Å²) in [6.07, 6.45) is 0. The lowest BCUT2D eigenvalue weighted by atomic mass is 9.34. The van der Waals surface area contributed by atoms with Crippen LogP contribution >= 0.6 is 11.8 Å². The lowest BCUT2D eigenvalue weighted by Crippen LogP contribution is -2.60. The Morgan fingerprint density at radius 2 is 0.685 bits per heavy atom. The highest BCUT2D eigenvalue weighted by atomic mass is 32.2. The maximum atomic E-state index is 7.09. The number of rotatable bonds is 11. The van der Waals surface area contributed by atoms with E-state index < -0.39 is 0 Å². The summed E-state index contributed by atoms with van der Waals surface area (Å²) in [5.74, 6) is 0. The summed E-state index contributed by atoms with van der Waals surface area (Å²) in [4.78, 5) is 5.23. The third-order valence-corrected chi connectivity index (χ3v) is 27.5. The maximum absolute atomic E-state index is 7.09. The van der Waals surface area contributed by atoms with Gasteiger partial charge in [0.2, 0.25) is 6.71 Å². The van der Waals surface area contributed by atoms with E-state index in [1.54, 1.807) is 0 Å². The van der Waals surface area contributed by atoms with Gasteiger partial charge in [-0.25, -0.2) is 0 Å². The molecule has 0 aliphatic carbocycles. The molecule has 2 aliphatic heterocycles. The smallest absolute Gasteiger partial charge is 0.249 e. The van der Waals surface area contributed by atoms with Gasteiger partial charge in [0.25, 0.3) is 0 Å². The molecule has 3 aromatic heterocycles. The van der Waals surface area contributed by atoms with Crippen LogP contribution in [0.2, 0.25) is 0 Å². The molecule has 2 aliphatic rings. The van der Waals surface area contributed by atoms with Crippen molar-refractivity contribution < 1.29 is 4.42 Å². The second-order valence-electron chi connectivity index (χ2n) is 38.4. The van der Waals surface area contributed by atoms with E-state index in [0.29, 0.717) is 0 Å². The molecule has 0 N–H and O–H groups in total. The third kappa shape index (κ3) is 13.0. The highest BCUT2D eigenvalue weighted by Gasteiger charge is 2.44. The van der Waals surface area contributed by atoms with Crippen molar-refractivity contribution in [3.8, 4) is 100 Å².